The molecule has 0 spiro atoms. The van der Waals surface area contributed by atoms with Gasteiger partial charge in [0.05, 0.1) is 38.3 Å². The molecule has 3 rings (SSSR count). The van der Waals surface area contributed by atoms with Crippen LogP contribution in [0.3, 0.4) is 0 Å². The number of sulfone groups is 1. The van der Waals surface area contributed by atoms with E-state index in [1.54, 1.807) is 42.5 Å². The molecule has 1 aliphatic heterocycles. The van der Waals surface area contributed by atoms with Crippen molar-refractivity contribution < 1.29 is 27.4 Å². The van der Waals surface area contributed by atoms with E-state index in [0.717, 1.165) is 18.2 Å². The average molecular weight is 446 g/mol. The van der Waals surface area contributed by atoms with Gasteiger partial charge < -0.3 is 14.2 Å². The second-order valence-electron chi connectivity index (χ2n) is 7.16. The zero-order valence-corrected chi connectivity index (χ0v) is 18.7. The third kappa shape index (κ3) is 5.38. The molecule has 166 valence electrons. The lowest BCUT2D eigenvalue weighted by Gasteiger charge is -2.29. The Kier molecular flexibility index (Phi) is 7.22. The van der Waals surface area contributed by atoms with Crippen LogP contribution in [-0.4, -0.2) is 46.9 Å². The Balaban J connectivity index is 1.95. The molecule has 0 aliphatic carbocycles. The lowest BCUT2D eigenvalue weighted by atomic mass is 10.1. The first-order valence-corrected chi connectivity index (χ1v) is 11.8. The van der Waals surface area contributed by atoms with Crippen molar-refractivity contribution in [3.05, 3.63) is 59.5 Å². The van der Waals surface area contributed by atoms with E-state index in [-0.39, 0.29) is 11.7 Å². The van der Waals surface area contributed by atoms with Crippen LogP contribution in [0.15, 0.2) is 53.9 Å². The molecule has 8 heteroatoms. The van der Waals surface area contributed by atoms with Gasteiger partial charge in [0, 0.05) is 17.0 Å². The fourth-order valence-electron chi connectivity index (χ4n) is 3.31. The van der Waals surface area contributed by atoms with E-state index >= 15 is 0 Å². The Hall–Kier alpha value is -3.00. The number of anilines is 1. The second kappa shape index (κ2) is 9.87. The van der Waals surface area contributed by atoms with Gasteiger partial charge in [0.1, 0.15) is 17.2 Å². The van der Waals surface area contributed by atoms with Crippen molar-refractivity contribution >= 4 is 21.4 Å². The van der Waals surface area contributed by atoms with Gasteiger partial charge in [-0.2, -0.15) is 0 Å². The molecule has 1 amide bonds. The molecular weight excluding hydrogens is 418 g/mol. The maximum Gasteiger partial charge on any atom is 0.258 e. The monoisotopic (exact) mass is 445 g/mol. The molecule has 0 fully saturated rings. The fraction of sp³-hybridized carbons (Fsp3) is 0.348. The van der Waals surface area contributed by atoms with E-state index in [9.17, 15) is 13.2 Å². The van der Waals surface area contributed by atoms with E-state index in [4.69, 9.17) is 14.2 Å². The van der Waals surface area contributed by atoms with Gasteiger partial charge in [0.15, 0.2) is 9.84 Å². The first-order chi connectivity index (χ1) is 14.9. The molecule has 1 aliphatic rings. The number of amides is 1. The quantitative estimate of drug-likeness (QED) is 0.546. The Morgan fingerprint density at radius 2 is 1.77 bits per heavy atom. The molecule has 0 N–H and O–H groups in total. The van der Waals surface area contributed by atoms with Gasteiger partial charge in [0.25, 0.3) is 5.91 Å². The smallest absolute Gasteiger partial charge is 0.258 e. The molecule has 0 radical (unpaired) electrons. The van der Waals surface area contributed by atoms with E-state index < -0.39 is 15.9 Å². The zero-order chi connectivity index (χ0) is 22.4. The number of benzene rings is 2. The third-order valence-electron chi connectivity index (χ3n) is 4.98. The van der Waals surface area contributed by atoms with Crippen molar-refractivity contribution in [3.8, 4) is 17.2 Å². The molecule has 7 nitrogen and oxygen atoms in total. The summed E-state index contributed by atoms with van der Waals surface area (Å²) in [6.07, 6.45) is 3.51. The van der Waals surface area contributed by atoms with E-state index in [1.807, 2.05) is 0 Å². The molecule has 0 aromatic heterocycles. The van der Waals surface area contributed by atoms with Gasteiger partial charge in [-0.25, -0.2) is 8.42 Å². The number of hydrogen-bond donors (Lipinski definition) is 0. The van der Waals surface area contributed by atoms with Crippen LogP contribution in [-0.2, 0) is 9.84 Å². The van der Waals surface area contributed by atoms with Crippen LogP contribution in [0.25, 0.3) is 0 Å². The molecule has 0 saturated carbocycles. The molecule has 2 aromatic rings. The van der Waals surface area contributed by atoms with Crippen molar-refractivity contribution in [2.45, 2.75) is 25.8 Å². The van der Waals surface area contributed by atoms with Crippen LogP contribution in [0.1, 0.15) is 30.1 Å². The van der Waals surface area contributed by atoms with Crippen LogP contribution in [0, 0.1) is 0 Å². The summed E-state index contributed by atoms with van der Waals surface area (Å²) in [6.45, 7) is 2.70. The van der Waals surface area contributed by atoms with Crippen LogP contribution in [0.5, 0.6) is 17.2 Å². The topological polar surface area (TPSA) is 82.1 Å². The predicted octanol–water partition coefficient (Wildman–Crippen LogP) is 3.84. The summed E-state index contributed by atoms with van der Waals surface area (Å²) >= 11 is 0. The Morgan fingerprint density at radius 3 is 2.35 bits per heavy atom. The van der Waals surface area contributed by atoms with Crippen LogP contribution < -0.4 is 19.1 Å². The number of unbranched alkanes of at least 4 members (excludes halogenated alkanes) is 1. The summed E-state index contributed by atoms with van der Waals surface area (Å²) in [7, 11) is -0.350. The number of carbonyl (C=O) groups is 1. The average Bonchev–Trinajstić information content (AvgIpc) is 3.13. The number of methoxy groups -OCH3 is 2. The molecule has 0 unspecified atom stereocenters. The van der Waals surface area contributed by atoms with Gasteiger partial charge in [-0.3, -0.25) is 9.69 Å². The van der Waals surface area contributed by atoms with Crippen molar-refractivity contribution in [2.75, 3.05) is 31.5 Å². The predicted molar refractivity (Wildman–Crippen MR) is 120 cm³/mol. The number of ether oxygens (including phenoxy) is 3. The molecule has 0 bridgehead atoms. The Labute approximate surface area is 183 Å². The van der Waals surface area contributed by atoms with Crippen LogP contribution in [0.2, 0.25) is 0 Å². The van der Waals surface area contributed by atoms with Gasteiger partial charge in [-0.05, 0) is 48.9 Å². The third-order valence-corrected chi connectivity index (χ3v) is 6.35. The van der Waals surface area contributed by atoms with Crippen molar-refractivity contribution in [3.63, 3.8) is 0 Å². The van der Waals surface area contributed by atoms with Gasteiger partial charge >= 0.3 is 0 Å². The van der Waals surface area contributed by atoms with Crippen molar-refractivity contribution in [2.24, 2.45) is 0 Å². The minimum atomic E-state index is -3.38. The summed E-state index contributed by atoms with van der Waals surface area (Å²) in [5.74, 6) is 1.13. The number of hydrogen-bond acceptors (Lipinski definition) is 6. The van der Waals surface area contributed by atoms with Crippen molar-refractivity contribution in [1.82, 2.24) is 0 Å². The first kappa shape index (κ1) is 22.7. The highest BCUT2D eigenvalue weighted by Gasteiger charge is 2.33. The summed E-state index contributed by atoms with van der Waals surface area (Å²) in [5.41, 5.74) is 0.877. The summed E-state index contributed by atoms with van der Waals surface area (Å²) < 4.78 is 40.5. The largest absolute Gasteiger partial charge is 0.497 e. The fourth-order valence-corrected chi connectivity index (χ4v) is 4.58. The van der Waals surface area contributed by atoms with Gasteiger partial charge in [-0.1, -0.05) is 13.3 Å². The van der Waals surface area contributed by atoms with Gasteiger partial charge in [0.2, 0.25) is 0 Å². The minimum Gasteiger partial charge on any atom is -0.497 e. The number of nitrogens with zero attached hydrogens (tertiary/aromatic N) is 1. The second-order valence-corrected chi connectivity index (χ2v) is 9.10. The van der Waals surface area contributed by atoms with E-state index in [2.05, 4.69) is 6.92 Å². The minimum absolute atomic E-state index is 0.188. The number of rotatable bonds is 9. The number of carbonyl (C=O) groups excluding carboxylic acids is 1. The molecular formula is C23H27NO6S. The van der Waals surface area contributed by atoms with Crippen LogP contribution >= 0.6 is 0 Å². The zero-order valence-electron chi connectivity index (χ0n) is 17.9. The highest BCUT2D eigenvalue weighted by molar-refractivity contribution is 7.94. The summed E-state index contributed by atoms with van der Waals surface area (Å²) in [4.78, 5) is 15.0. The normalized spacial score (nSPS) is 16.7. The highest BCUT2D eigenvalue weighted by atomic mass is 32.2. The van der Waals surface area contributed by atoms with E-state index in [1.165, 1.54) is 25.2 Å². The van der Waals surface area contributed by atoms with E-state index in [0.29, 0.717) is 35.1 Å². The highest BCUT2D eigenvalue weighted by Crippen LogP contribution is 2.36. The Morgan fingerprint density at radius 1 is 1.06 bits per heavy atom. The van der Waals surface area contributed by atoms with Gasteiger partial charge in [-0.15, -0.1) is 0 Å². The first-order valence-electron chi connectivity index (χ1n) is 10.1. The summed E-state index contributed by atoms with van der Waals surface area (Å²) in [6, 6.07) is 11.3. The molecule has 2 aromatic carbocycles. The van der Waals surface area contributed by atoms with Crippen molar-refractivity contribution in [1.29, 1.82) is 0 Å². The standard InChI is InChI=1S/C23H27NO6S/c1-4-5-13-30-19-8-6-17(7-9-19)23(25)24(18-12-14-31(26,27)16-18)21-11-10-20(28-2)15-22(21)29-3/h6-12,14-15,18H,4-5,13,16H2,1-3H3/t18-/m1/s1. The molecule has 1 atom stereocenters. The summed E-state index contributed by atoms with van der Waals surface area (Å²) in [5, 5.41) is 1.15. The van der Waals surface area contributed by atoms with Crippen LogP contribution in [0.4, 0.5) is 5.69 Å². The maximum atomic E-state index is 13.5. The Bertz CT molecular complexity index is 1050. The molecule has 31 heavy (non-hydrogen) atoms. The molecule has 0 saturated heterocycles. The maximum absolute atomic E-state index is 13.5. The SMILES string of the molecule is CCCCOc1ccc(C(=O)N(c2ccc(OC)cc2OC)[C@@H]2C=CS(=O)(=O)C2)cc1. The lowest BCUT2D eigenvalue weighted by molar-refractivity contribution is 0.0982. The molecule has 1 heterocycles. The lowest BCUT2D eigenvalue weighted by Crippen LogP contribution is -2.41.